The van der Waals surface area contributed by atoms with Crippen molar-refractivity contribution in [2.24, 2.45) is 5.92 Å². The van der Waals surface area contributed by atoms with Crippen molar-refractivity contribution in [2.45, 2.75) is 31.5 Å². The SMILES string of the molecule is COc1ccc([C@H](Cc2c(Cl)cncc2Cl)OC(=O)c2ccc(CNC(C(=O)OC[C@H]3CCN(C)C3)c3ccccc3)s2)cc1OC. The van der Waals surface area contributed by atoms with E-state index in [1.807, 2.05) is 36.4 Å². The summed E-state index contributed by atoms with van der Waals surface area (Å²) in [4.78, 5) is 34.3. The second-order valence-electron chi connectivity index (χ2n) is 11.3. The molecule has 1 saturated heterocycles. The minimum Gasteiger partial charge on any atom is -0.493 e. The largest absolute Gasteiger partial charge is 0.493 e. The summed E-state index contributed by atoms with van der Waals surface area (Å²) in [6, 6.07) is 17.7. The lowest BCUT2D eigenvalue weighted by molar-refractivity contribution is -0.147. The van der Waals surface area contributed by atoms with Gasteiger partial charge in [-0.15, -0.1) is 11.3 Å². The van der Waals surface area contributed by atoms with Crippen molar-refractivity contribution in [1.29, 1.82) is 0 Å². The maximum atomic E-state index is 13.5. The van der Waals surface area contributed by atoms with Crippen LogP contribution in [0.3, 0.4) is 0 Å². The highest BCUT2D eigenvalue weighted by atomic mass is 35.5. The van der Waals surface area contributed by atoms with Crippen LogP contribution in [0.1, 0.15) is 49.8 Å². The molecule has 2 aromatic heterocycles. The third-order valence-corrected chi connectivity index (χ3v) is 9.75. The van der Waals surface area contributed by atoms with Gasteiger partial charge in [0.05, 0.1) is 30.9 Å². The summed E-state index contributed by atoms with van der Waals surface area (Å²) in [5, 5.41) is 4.07. The number of nitrogens with zero attached hydrogens (tertiary/aromatic N) is 2. The highest BCUT2D eigenvalue weighted by molar-refractivity contribution is 7.13. The van der Waals surface area contributed by atoms with Crippen molar-refractivity contribution in [2.75, 3.05) is 41.0 Å². The van der Waals surface area contributed by atoms with Gasteiger partial charge in [0.25, 0.3) is 0 Å². The van der Waals surface area contributed by atoms with E-state index in [4.69, 9.17) is 42.1 Å². The Labute approximate surface area is 288 Å². The van der Waals surface area contributed by atoms with Crippen molar-refractivity contribution in [3.8, 4) is 11.5 Å². The Morgan fingerprint density at radius 2 is 1.74 bits per heavy atom. The summed E-state index contributed by atoms with van der Waals surface area (Å²) in [7, 11) is 5.16. The van der Waals surface area contributed by atoms with Gasteiger partial charge < -0.3 is 23.8 Å². The lowest BCUT2D eigenvalue weighted by Crippen LogP contribution is -2.31. The molecular formula is C35H37Cl2N3O6S. The van der Waals surface area contributed by atoms with Crippen molar-refractivity contribution >= 4 is 46.5 Å². The van der Waals surface area contributed by atoms with Crippen LogP contribution >= 0.6 is 34.5 Å². The minimum atomic E-state index is -0.750. The van der Waals surface area contributed by atoms with Crippen LogP contribution in [0, 0.1) is 5.92 Å². The molecular weight excluding hydrogens is 661 g/mol. The number of halogens is 2. The molecule has 0 bridgehead atoms. The molecule has 0 spiro atoms. The number of esters is 2. The monoisotopic (exact) mass is 697 g/mol. The van der Waals surface area contributed by atoms with Crippen LogP contribution in [0.4, 0.5) is 0 Å². The number of likely N-dealkylation sites (tertiary alicyclic amines) is 1. The second kappa shape index (κ2) is 16.4. The molecule has 248 valence electrons. The number of pyridine rings is 1. The van der Waals surface area contributed by atoms with Gasteiger partial charge in [-0.1, -0.05) is 59.6 Å². The fraction of sp³-hybridized carbons (Fsp3) is 0.343. The molecule has 0 radical (unpaired) electrons. The van der Waals surface area contributed by atoms with Gasteiger partial charge in [0.1, 0.15) is 17.0 Å². The Hall–Kier alpha value is -3.67. The van der Waals surface area contributed by atoms with E-state index in [1.165, 1.54) is 30.8 Å². The van der Waals surface area contributed by atoms with E-state index in [0.29, 0.717) is 56.6 Å². The number of hydrogen-bond donors (Lipinski definition) is 1. The van der Waals surface area contributed by atoms with Gasteiger partial charge in [-0.25, -0.2) is 9.59 Å². The third-order valence-electron chi connectivity index (χ3n) is 8.03. The molecule has 5 rings (SSSR count). The van der Waals surface area contributed by atoms with Gasteiger partial charge in [-0.05, 0) is 61.0 Å². The number of aromatic nitrogens is 1. The molecule has 4 aromatic rings. The van der Waals surface area contributed by atoms with Gasteiger partial charge in [0.15, 0.2) is 11.5 Å². The lowest BCUT2D eigenvalue weighted by atomic mass is 10.0. The average molecular weight is 699 g/mol. The molecule has 1 aliphatic heterocycles. The smallest absolute Gasteiger partial charge is 0.348 e. The van der Waals surface area contributed by atoms with E-state index < -0.39 is 18.1 Å². The first-order valence-electron chi connectivity index (χ1n) is 15.2. The van der Waals surface area contributed by atoms with Gasteiger partial charge in [-0.2, -0.15) is 0 Å². The number of nitrogens with one attached hydrogen (secondary N) is 1. The number of hydrogen-bond acceptors (Lipinski definition) is 10. The molecule has 1 aliphatic rings. The molecule has 47 heavy (non-hydrogen) atoms. The normalized spacial score (nSPS) is 16.0. The average Bonchev–Trinajstić information content (AvgIpc) is 3.74. The number of benzene rings is 2. The van der Waals surface area contributed by atoms with E-state index in [0.717, 1.165) is 30.0 Å². The van der Waals surface area contributed by atoms with Gasteiger partial charge in [0, 0.05) is 42.7 Å². The number of thiophene rings is 1. The minimum absolute atomic E-state index is 0.208. The molecule has 0 aliphatic carbocycles. The van der Waals surface area contributed by atoms with Crippen LogP contribution in [0.25, 0.3) is 0 Å². The van der Waals surface area contributed by atoms with Gasteiger partial charge in [0.2, 0.25) is 0 Å². The number of rotatable bonds is 14. The van der Waals surface area contributed by atoms with Crippen LogP contribution in [0.5, 0.6) is 11.5 Å². The molecule has 3 atom stereocenters. The van der Waals surface area contributed by atoms with E-state index >= 15 is 0 Å². The predicted octanol–water partition coefficient (Wildman–Crippen LogP) is 6.93. The Bertz CT molecular complexity index is 1650. The highest BCUT2D eigenvalue weighted by Crippen LogP contribution is 2.36. The molecule has 0 amide bonds. The molecule has 1 N–H and O–H groups in total. The summed E-state index contributed by atoms with van der Waals surface area (Å²) in [6.45, 7) is 2.66. The van der Waals surface area contributed by atoms with E-state index in [2.05, 4.69) is 22.2 Å². The van der Waals surface area contributed by atoms with Crippen molar-refractivity contribution < 1.29 is 28.5 Å². The zero-order valence-corrected chi connectivity index (χ0v) is 28.7. The van der Waals surface area contributed by atoms with Gasteiger partial charge in [-0.3, -0.25) is 10.3 Å². The Morgan fingerprint density at radius 1 is 1.00 bits per heavy atom. The molecule has 12 heteroatoms. The van der Waals surface area contributed by atoms with Crippen LogP contribution in [0.15, 0.2) is 73.1 Å². The van der Waals surface area contributed by atoms with Gasteiger partial charge >= 0.3 is 11.9 Å². The maximum absolute atomic E-state index is 13.5. The number of methoxy groups -OCH3 is 2. The van der Waals surface area contributed by atoms with Crippen LogP contribution < -0.4 is 14.8 Å². The fourth-order valence-electron chi connectivity index (χ4n) is 5.50. The number of carbonyl (C=O) groups excluding carboxylic acids is 2. The first-order valence-corrected chi connectivity index (χ1v) is 16.8. The lowest BCUT2D eigenvalue weighted by Gasteiger charge is -2.21. The summed E-state index contributed by atoms with van der Waals surface area (Å²) < 4.78 is 22.7. The Morgan fingerprint density at radius 3 is 2.43 bits per heavy atom. The van der Waals surface area contributed by atoms with Crippen LogP contribution in [-0.4, -0.2) is 62.8 Å². The first-order chi connectivity index (χ1) is 22.7. The standard InChI is InChI=1S/C35H37Cl2N3O6S/c1-40-14-13-22(20-40)21-45-35(42)33(23-7-5-4-6-8-23)39-17-25-10-12-32(47-25)34(41)46-30(16-26-27(36)18-38-19-28(26)37)24-9-11-29(43-2)31(15-24)44-3/h4-12,15,18-19,22,30,33,39H,13-14,16-17,20-21H2,1-3H3/t22-,30-,33?/m0/s1. The van der Waals surface area contributed by atoms with Crippen molar-refractivity contribution in [1.82, 2.24) is 15.2 Å². The van der Waals surface area contributed by atoms with Crippen molar-refractivity contribution in [3.05, 3.63) is 110 Å². The maximum Gasteiger partial charge on any atom is 0.348 e. The van der Waals surface area contributed by atoms with Crippen LogP contribution in [-0.2, 0) is 27.2 Å². The topological polar surface area (TPSA) is 99.2 Å². The fourth-order valence-corrected chi connectivity index (χ4v) is 6.86. The molecule has 9 nitrogen and oxygen atoms in total. The second-order valence-corrected chi connectivity index (χ2v) is 13.3. The number of carbonyl (C=O) groups is 2. The Kier molecular flexibility index (Phi) is 12.1. The molecule has 1 unspecified atom stereocenters. The quantitative estimate of drug-likeness (QED) is 0.141. The van der Waals surface area contributed by atoms with Crippen LogP contribution in [0.2, 0.25) is 10.0 Å². The molecule has 1 fully saturated rings. The molecule has 0 saturated carbocycles. The van der Waals surface area contributed by atoms with E-state index in [9.17, 15) is 9.59 Å². The summed E-state index contributed by atoms with van der Waals surface area (Å²) in [6.07, 6.45) is 3.47. The Balaban J connectivity index is 1.29. The summed E-state index contributed by atoms with van der Waals surface area (Å²) >= 11 is 14.2. The highest BCUT2D eigenvalue weighted by Gasteiger charge is 2.27. The third kappa shape index (κ3) is 9.03. The zero-order chi connectivity index (χ0) is 33.3. The first kappa shape index (κ1) is 34.7. The zero-order valence-electron chi connectivity index (χ0n) is 26.4. The van der Waals surface area contributed by atoms with E-state index in [-0.39, 0.29) is 12.4 Å². The van der Waals surface area contributed by atoms with E-state index in [1.54, 1.807) is 31.4 Å². The number of ether oxygens (including phenoxy) is 4. The summed E-state index contributed by atoms with van der Waals surface area (Å²) in [5.74, 6) is 0.528. The predicted molar refractivity (Wildman–Crippen MR) is 183 cm³/mol. The molecule has 3 heterocycles. The van der Waals surface area contributed by atoms with Crippen molar-refractivity contribution in [3.63, 3.8) is 0 Å². The summed E-state index contributed by atoms with van der Waals surface area (Å²) in [5.41, 5.74) is 2.08. The molecule has 2 aromatic carbocycles.